The normalized spacial score (nSPS) is 17.1. The van der Waals surface area contributed by atoms with E-state index < -0.39 is 0 Å². The minimum atomic E-state index is -0.0924. The highest BCUT2D eigenvalue weighted by Crippen LogP contribution is 2.31. The van der Waals surface area contributed by atoms with E-state index in [0.29, 0.717) is 34.8 Å². The van der Waals surface area contributed by atoms with Crippen LogP contribution in [0.3, 0.4) is 0 Å². The van der Waals surface area contributed by atoms with E-state index in [1.165, 1.54) is 0 Å². The quantitative estimate of drug-likeness (QED) is 0.689. The van der Waals surface area contributed by atoms with Gasteiger partial charge < -0.3 is 19.9 Å². The van der Waals surface area contributed by atoms with E-state index in [1.54, 1.807) is 18.2 Å². The van der Waals surface area contributed by atoms with Crippen LogP contribution in [-0.2, 0) is 11.2 Å². The minimum Gasteiger partial charge on any atom is -0.488 e. The summed E-state index contributed by atoms with van der Waals surface area (Å²) in [5.74, 6) is 0.549. The molecule has 5 nitrogen and oxygen atoms in total. The number of anilines is 1. The van der Waals surface area contributed by atoms with Crippen LogP contribution in [0.15, 0.2) is 53.4 Å². The fourth-order valence-electron chi connectivity index (χ4n) is 2.84. The number of hydrogen-bond donors (Lipinski definition) is 3. The van der Waals surface area contributed by atoms with Gasteiger partial charge in [0.05, 0.1) is 11.3 Å². The van der Waals surface area contributed by atoms with Gasteiger partial charge in [0.2, 0.25) is 5.91 Å². The topological polar surface area (TPSA) is 70.6 Å². The predicted molar refractivity (Wildman–Crippen MR) is 100 cm³/mol. The molecule has 0 radical (unpaired) electrons. The first-order valence-corrected chi connectivity index (χ1v) is 9.18. The Labute approximate surface area is 152 Å². The number of piperidine rings is 1. The van der Waals surface area contributed by atoms with Crippen LogP contribution >= 0.6 is 12.0 Å². The smallest absolute Gasteiger partial charge is 0.228 e. The molecular weight excluding hydrogens is 336 g/mol. The molecule has 3 rings (SSSR count). The predicted octanol–water partition coefficient (Wildman–Crippen LogP) is 3.56. The van der Waals surface area contributed by atoms with Gasteiger partial charge in [0.1, 0.15) is 11.9 Å². The van der Waals surface area contributed by atoms with Crippen molar-refractivity contribution in [1.29, 1.82) is 0 Å². The zero-order valence-electron chi connectivity index (χ0n) is 13.9. The number of amides is 1. The van der Waals surface area contributed by atoms with Crippen LogP contribution in [0.4, 0.5) is 5.69 Å². The molecule has 1 heterocycles. The van der Waals surface area contributed by atoms with E-state index in [4.69, 9.17) is 4.74 Å². The number of nitrogens with one attached hydrogen (secondary N) is 2. The zero-order chi connectivity index (χ0) is 17.5. The van der Waals surface area contributed by atoms with E-state index in [9.17, 15) is 9.35 Å². The Morgan fingerprint density at radius 2 is 2.12 bits per heavy atom. The van der Waals surface area contributed by atoms with Crippen molar-refractivity contribution in [2.75, 3.05) is 18.4 Å². The van der Waals surface area contributed by atoms with Gasteiger partial charge in [-0.1, -0.05) is 30.3 Å². The average molecular weight is 358 g/mol. The highest BCUT2D eigenvalue weighted by atomic mass is 32.2. The highest BCUT2D eigenvalue weighted by molar-refractivity contribution is 7.93. The van der Waals surface area contributed by atoms with Crippen molar-refractivity contribution in [2.45, 2.75) is 30.3 Å². The van der Waals surface area contributed by atoms with Crippen LogP contribution in [0.1, 0.15) is 18.4 Å². The first-order chi connectivity index (χ1) is 12.2. The number of carbonyl (C=O) groups is 1. The molecule has 1 atom stereocenters. The molecule has 6 heteroatoms. The molecule has 1 unspecified atom stereocenters. The first kappa shape index (κ1) is 17.8. The number of rotatable bonds is 6. The Morgan fingerprint density at radius 3 is 2.84 bits per heavy atom. The lowest BCUT2D eigenvalue weighted by molar-refractivity contribution is -0.115. The summed E-state index contributed by atoms with van der Waals surface area (Å²) in [7, 11) is 0. The second-order valence-electron chi connectivity index (χ2n) is 6.05. The molecule has 1 amide bonds. The molecule has 0 saturated carbocycles. The molecule has 3 N–H and O–H groups in total. The number of carbonyl (C=O) groups excluding carboxylic acids is 1. The molecule has 0 aliphatic carbocycles. The van der Waals surface area contributed by atoms with Crippen molar-refractivity contribution in [3.8, 4) is 5.75 Å². The largest absolute Gasteiger partial charge is 0.488 e. The first-order valence-electron chi connectivity index (χ1n) is 8.41. The number of hydrogen-bond acceptors (Lipinski definition) is 5. The maximum Gasteiger partial charge on any atom is 0.228 e. The van der Waals surface area contributed by atoms with Gasteiger partial charge in [0.15, 0.2) is 0 Å². The van der Waals surface area contributed by atoms with Gasteiger partial charge in [-0.25, -0.2) is 0 Å². The maximum atomic E-state index is 12.2. The van der Waals surface area contributed by atoms with Crippen LogP contribution in [-0.4, -0.2) is 29.7 Å². The molecule has 1 saturated heterocycles. The molecule has 0 aromatic heterocycles. The lowest BCUT2D eigenvalue weighted by Gasteiger charge is -2.24. The summed E-state index contributed by atoms with van der Waals surface area (Å²) in [6.07, 6.45) is 2.50. The fraction of sp³-hybridized carbons (Fsp3) is 0.316. The minimum absolute atomic E-state index is 0.0924. The second-order valence-corrected chi connectivity index (χ2v) is 6.67. The zero-order valence-corrected chi connectivity index (χ0v) is 14.7. The summed E-state index contributed by atoms with van der Waals surface area (Å²) in [5, 5.41) is 6.17. The summed E-state index contributed by atoms with van der Waals surface area (Å²) in [6, 6.07) is 14.9. The molecule has 1 aliphatic heterocycles. The third-order valence-electron chi connectivity index (χ3n) is 4.08. The molecular formula is C19H22N2O3S. The fourth-order valence-corrected chi connectivity index (χ4v) is 3.23. The summed E-state index contributed by atoms with van der Waals surface area (Å²) >= 11 is 0.633. The van der Waals surface area contributed by atoms with Crippen LogP contribution in [0.5, 0.6) is 5.75 Å². The molecule has 0 bridgehead atoms. The standard InChI is InChI=1S/C19H22N2O3S/c22-19(11-14-5-2-1-3-6-14)21-15-8-9-17(18(12-15)25-23)24-16-7-4-10-20-13-16/h1-3,5-6,8-9,12,16,20,23H,4,7,10-11,13H2,(H,21,22). The van der Waals surface area contributed by atoms with Crippen LogP contribution in [0.2, 0.25) is 0 Å². The van der Waals surface area contributed by atoms with Crippen molar-refractivity contribution < 1.29 is 14.1 Å². The highest BCUT2D eigenvalue weighted by Gasteiger charge is 2.17. The summed E-state index contributed by atoms with van der Waals surface area (Å²) < 4.78 is 15.5. The van der Waals surface area contributed by atoms with Gasteiger partial charge >= 0.3 is 0 Å². The Kier molecular flexibility index (Phi) is 6.33. The molecule has 2 aromatic carbocycles. The molecule has 1 aliphatic rings. The number of ether oxygens (including phenoxy) is 1. The summed E-state index contributed by atoms with van der Waals surface area (Å²) in [5.41, 5.74) is 1.60. The lowest BCUT2D eigenvalue weighted by Crippen LogP contribution is -2.37. The summed E-state index contributed by atoms with van der Waals surface area (Å²) in [6.45, 7) is 1.83. The van der Waals surface area contributed by atoms with E-state index in [1.807, 2.05) is 30.3 Å². The van der Waals surface area contributed by atoms with Crippen LogP contribution in [0.25, 0.3) is 0 Å². The van der Waals surface area contributed by atoms with E-state index >= 15 is 0 Å². The third kappa shape index (κ3) is 5.22. The molecule has 2 aromatic rings. The SMILES string of the molecule is O=C(Cc1ccccc1)Nc1ccc(OC2CCCNC2)c(SO)c1. The average Bonchev–Trinajstić information content (AvgIpc) is 2.64. The molecule has 132 valence electrons. The van der Waals surface area contributed by atoms with Crippen molar-refractivity contribution in [3.05, 3.63) is 54.1 Å². The monoisotopic (exact) mass is 358 g/mol. The van der Waals surface area contributed by atoms with Crippen molar-refractivity contribution in [2.24, 2.45) is 0 Å². The van der Waals surface area contributed by atoms with Crippen LogP contribution < -0.4 is 15.4 Å². The van der Waals surface area contributed by atoms with Crippen LogP contribution in [0, 0.1) is 0 Å². The summed E-state index contributed by atoms with van der Waals surface area (Å²) in [4.78, 5) is 12.8. The molecule has 25 heavy (non-hydrogen) atoms. The van der Waals surface area contributed by atoms with Crippen molar-refractivity contribution in [3.63, 3.8) is 0 Å². The van der Waals surface area contributed by atoms with E-state index in [2.05, 4.69) is 10.6 Å². The Morgan fingerprint density at radius 1 is 1.28 bits per heavy atom. The molecule has 0 spiro atoms. The third-order valence-corrected chi connectivity index (χ3v) is 4.59. The van der Waals surface area contributed by atoms with Gasteiger partial charge in [0.25, 0.3) is 0 Å². The van der Waals surface area contributed by atoms with Gasteiger partial charge in [0, 0.05) is 24.3 Å². The number of benzene rings is 2. The van der Waals surface area contributed by atoms with Crippen molar-refractivity contribution in [1.82, 2.24) is 5.32 Å². The maximum absolute atomic E-state index is 12.2. The molecule has 1 fully saturated rings. The second kappa shape index (κ2) is 8.89. The Bertz CT molecular complexity index is 703. The van der Waals surface area contributed by atoms with Gasteiger partial charge in [-0.15, -0.1) is 0 Å². The van der Waals surface area contributed by atoms with E-state index in [0.717, 1.165) is 31.5 Å². The lowest BCUT2D eigenvalue weighted by atomic mass is 10.1. The van der Waals surface area contributed by atoms with Gasteiger partial charge in [-0.2, -0.15) is 0 Å². The van der Waals surface area contributed by atoms with Gasteiger partial charge in [-0.3, -0.25) is 4.79 Å². The Balaban J connectivity index is 1.63. The van der Waals surface area contributed by atoms with Crippen molar-refractivity contribution >= 4 is 23.6 Å². The van der Waals surface area contributed by atoms with Gasteiger partial charge in [-0.05, 0) is 43.1 Å². The Hall–Kier alpha value is -2.02. The van der Waals surface area contributed by atoms with E-state index in [-0.39, 0.29) is 12.0 Å².